The highest BCUT2D eigenvalue weighted by molar-refractivity contribution is 7.89. The second-order valence-electron chi connectivity index (χ2n) is 5.95. The van der Waals surface area contributed by atoms with E-state index in [-0.39, 0.29) is 10.9 Å². The van der Waals surface area contributed by atoms with E-state index >= 15 is 0 Å². The Morgan fingerprint density at radius 2 is 1.88 bits per heavy atom. The van der Waals surface area contributed by atoms with Crippen LogP contribution in [0.15, 0.2) is 45.9 Å². The molecule has 1 saturated heterocycles. The number of ether oxygens (including phenoxy) is 2. The van der Waals surface area contributed by atoms with Crippen molar-refractivity contribution in [2.24, 2.45) is 0 Å². The van der Waals surface area contributed by atoms with Gasteiger partial charge in [0.1, 0.15) is 5.76 Å². The molecule has 0 amide bonds. The van der Waals surface area contributed by atoms with Crippen molar-refractivity contribution in [1.29, 1.82) is 0 Å². The fourth-order valence-corrected chi connectivity index (χ4v) is 4.91. The molecule has 0 radical (unpaired) electrons. The fraction of sp³-hybridized carbons (Fsp3) is 0.412. The van der Waals surface area contributed by atoms with Crippen LogP contribution in [0.25, 0.3) is 0 Å². The van der Waals surface area contributed by atoms with Gasteiger partial charge in [-0.15, -0.1) is 0 Å². The molecule has 0 bridgehead atoms. The number of nitrogens with zero attached hydrogens (tertiary/aromatic N) is 1. The second-order valence-corrected chi connectivity index (χ2v) is 7.84. The first-order chi connectivity index (χ1) is 11.7. The fourth-order valence-electron chi connectivity index (χ4n) is 3.23. The average molecular weight is 349 g/mol. The summed E-state index contributed by atoms with van der Waals surface area (Å²) < 4.78 is 44.3. The van der Waals surface area contributed by atoms with Gasteiger partial charge >= 0.3 is 0 Å². The Morgan fingerprint density at radius 3 is 2.67 bits per heavy atom. The first-order valence-corrected chi connectivity index (χ1v) is 9.55. The molecule has 7 heteroatoms. The Labute approximate surface area is 141 Å². The lowest BCUT2D eigenvalue weighted by Crippen LogP contribution is -2.30. The summed E-state index contributed by atoms with van der Waals surface area (Å²) in [4.78, 5) is 0.227. The van der Waals surface area contributed by atoms with Crippen LogP contribution in [0.4, 0.5) is 0 Å². The number of benzene rings is 1. The van der Waals surface area contributed by atoms with Crippen LogP contribution < -0.4 is 9.47 Å². The van der Waals surface area contributed by atoms with Gasteiger partial charge < -0.3 is 13.9 Å². The molecule has 24 heavy (non-hydrogen) atoms. The molecule has 4 rings (SSSR count). The molecule has 0 spiro atoms. The standard InChI is InChI=1S/C17H19NO5S/c19-24(20,18-8-1-4-14(18)15-5-2-9-21-15)13-6-7-16-17(12-13)23-11-3-10-22-16/h2,5-7,9,12,14H,1,3-4,8,10-11H2/t14-/m1/s1. The summed E-state index contributed by atoms with van der Waals surface area (Å²) in [5, 5.41) is 0. The van der Waals surface area contributed by atoms with Crippen LogP contribution in [0.5, 0.6) is 11.5 Å². The first-order valence-electron chi connectivity index (χ1n) is 8.11. The molecule has 128 valence electrons. The van der Waals surface area contributed by atoms with Gasteiger partial charge in [-0.2, -0.15) is 4.31 Å². The van der Waals surface area contributed by atoms with Crippen LogP contribution in [-0.4, -0.2) is 32.5 Å². The molecule has 1 fully saturated rings. The zero-order valence-electron chi connectivity index (χ0n) is 13.2. The van der Waals surface area contributed by atoms with E-state index in [1.165, 1.54) is 4.31 Å². The zero-order chi connectivity index (χ0) is 16.6. The first kappa shape index (κ1) is 15.5. The van der Waals surface area contributed by atoms with Crippen molar-refractivity contribution in [3.05, 3.63) is 42.4 Å². The number of hydrogen-bond acceptors (Lipinski definition) is 5. The Morgan fingerprint density at radius 1 is 1.04 bits per heavy atom. The van der Waals surface area contributed by atoms with Gasteiger partial charge in [-0.25, -0.2) is 8.42 Å². The van der Waals surface area contributed by atoms with Crippen LogP contribution in [0, 0.1) is 0 Å². The quantitative estimate of drug-likeness (QED) is 0.852. The summed E-state index contributed by atoms with van der Waals surface area (Å²) in [7, 11) is -3.62. The lowest BCUT2D eigenvalue weighted by Gasteiger charge is -2.23. The summed E-state index contributed by atoms with van der Waals surface area (Å²) in [6.45, 7) is 1.59. The van der Waals surface area contributed by atoms with E-state index in [9.17, 15) is 8.42 Å². The molecule has 1 aromatic heterocycles. The lowest BCUT2D eigenvalue weighted by molar-refractivity contribution is 0.296. The molecular weight excluding hydrogens is 330 g/mol. The number of hydrogen-bond donors (Lipinski definition) is 0. The topological polar surface area (TPSA) is 69.0 Å². The summed E-state index contributed by atoms with van der Waals surface area (Å²) in [6.07, 6.45) is 3.93. The van der Waals surface area contributed by atoms with E-state index in [1.54, 1.807) is 30.5 Å². The normalized spacial score (nSPS) is 21.6. The summed E-state index contributed by atoms with van der Waals surface area (Å²) >= 11 is 0. The molecule has 2 aliphatic rings. The van der Waals surface area contributed by atoms with Crippen molar-refractivity contribution < 1.29 is 22.3 Å². The molecule has 0 aliphatic carbocycles. The van der Waals surface area contributed by atoms with Gasteiger partial charge in [-0.3, -0.25) is 0 Å². The van der Waals surface area contributed by atoms with Gasteiger partial charge in [-0.1, -0.05) is 0 Å². The molecule has 3 heterocycles. The molecule has 1 atom stereocenters. The van der Waals surface area contributed by atoms with E-state index in [2.05, 4.69) is 0 Å². The van der Waals surface area contributed by atoms with Crippen molar-refractivity contribution >= 4 is 10.0 Å². The number of furan rings is 1. The summed E-state index contributed by atoms with van der Waals surface area (Å²) in [5.41, 5.74) is 0. The van der Waals surface area contributed by atoms with Gasteiger partial charge in [0.05, 0.1) is 30.4 Å². The van der Waals surface area contributed by atoms with Gasteiger partial charge in [0.2, 0.25) is 10.0 Å². The van der Waals surface area contributed by atoms with Crippen LogP contribution in [0.3, 0.4) is 0 Å². The summed E-state index contributed by atoms with van der Waals surface area (Å²) in [6, 6.07) is 8.18. The Hall–Kier alpha value is -1.99. The van der Waals surface area contributed by atoms with Crippen LogP contribution in [0.2, 0.25) is 0 Å². The third kappa shape index (κ3) is 2.67. The molecular formula is C17H19NO5S. The molecule has 0 unspecified atom stereocenters. The van der Waals surface area contributed by atoms with Crippen LogP contribution in [-0.2, 0) is 10.0 Å². The number of fused-ring (bicyclic) bond motifs is 1. The number of rotatable bonds is 3. The summed E-state index contributed by atoms with van der Waals surface area (Å²) in [5.74, 6) is 1.77. The molecule has 0 N–H and O–H groups in total. The molecule has 2 aromatic rings. The minimum Gasteiger partial charge on any atom is -0.490 e. The average Bonchev–Trinajstić information content (AvgIpc) is 3.21. The number of sulfonamides is 1. The highest BCUT2D eigenvalue weighted by Crippen LogP contribution is 2.39. The Balaban J connectivity index is 1.68. The van der Waals surface area contributed by atoms with Crippen molar-refractivity contribution in [2.75, 3.05) is 19.8 Å². The van der Waals surface area contributed by atoms with Gasteiger partial charge in [0, 0.05) is 19.0 Å². The van der Waals surface area contributed by atoms with E-state index in [4.69, 9.17) is 13.9 Å². The Kier molecular flexibility index (Phi) is 3.97. The minimum absolute atomic E-state index is 0.227. The minimum atomic E-state index is -3.62. The van der Waals surface area contributed by atoms with E-state index < -0.39 is 10.0 Å². The van der Waals surface area contributed by atoms with Crippen molar-refractivity contribution in [2.45, 2.75) is 30.2 Å². The van der Waals surface area contributed by atoms with E-state index in [0.29, 0.717) is 37.0 Å². The van der Waals surface area contributed by atoms with E-state index in [1.807, 2.05) is 6.07 Å². The predicted molar refractivity (Wildman–Crippen MR) is 86.6 cm³/mol. The van der Waals surface area contributed by atoms with Crippen molar-refractivity contribution in [3.63, 3.8) is 0 Å². The maximum atomic E-state index is 13.1. The van der Waals surface area contributed by atoms with Gasteiger partial charge in [0.25, 0.3) is 0 Å². The predicted octanol–water partition coefficient (Wildman–Crippen LogP) is 2.97. The smallest absolute Gasteiger partial charge is 0.243 e. The van der Waals surface area contributed by atoms with Crippen LogP contribution in [0.1, 0.15) is 31.1 Å². The third-order valence-corrected chi connectivity index (χ3v) is 6.31. The lowest BCUT2D eigenvalue weighted by atomic mass is 10.2. The monoisotopic (exact) mass is 349 g/mol. The SMILES string of the molecule is O=S(=O)(c1ccc2c(c1)OCCCO2)N1CCC[C@@H]1c1ccco1. The van der Waals surface area contributed by atoms with Crippen LogP contribution >= 0.6 is 0 Å². The molecule has 0 saturated carbocycles. The highest BCUT2D eigenvalue weighted by Gasteiger charge is 2.38. The third-order valence-electron chi connectivity index (χ3n) is 4.40. The maximum absolute atomic E-state index is 13.1. The molecule has 2 aliphatic heterocycles. The van der Waals surface area contributed by atoms with Crippen molar-refractivity contribution in [1.82, 2.24) is 4.31 Å². The molecule has 1 aromatic carbocycles. The van der Waals surface area contributed by atoms with E-state index in [0.717, 1.165) is 19.3 Å². The molecule has 6 nitrogen and oxygen atoms in total. The van der Waals surface area contributed by atoms with Gasteiger partial charge in [-0.05, 0) is 37.1 Å². The van der Waals surface area contributed by atoms with Crippen molar-refractivity contribution in [3.8, 4) is 11.5 Å². The Bertz CT molecular complexity index is 816. The largest absolute Gasteiger partial charge is 0.490 e. The zero-order valence-corrected chi connectivity index (χ0v) is 14.0. The highest BCUT2D eigenvalue weighted by atomic mass is 32.2. The van der Waals surface area contributed by atoms with Gasteiger partial charge in [0.15, 0.2) is 11.5 Å². The second kappa shape index (κ2) is 6.14. The maximum Gasteiger partial charge on any atom is 0.243 e.